The van der Waals surface area contributed by atoms with E-state index >= 15 is 0 Å². The summed E-state index contributed by atoms with van der Waals surface area (Å²) in [6.07, 6.45) is 5.15. The van der Waals surface area contributed by atoms with E-state index in [2.05, 4.69) is 11.5 Å². The van der Waals surface area contributed by atoms with Gasteiger partial charge in [0, 0.05) is 24.6 Å². The molecule has 4 atom stereocenters. The Hall–Kier alpha value is -1.60. The van der Waals surface area contributed by atoms with Crippen molar-refractivity contribution in [2.75, 3.05) is 26.3 Å². The summed E-state index contributed by atoms with van der Waals surface area (Å²) in [5.74, 6) is -0.176. The first-order chi connectivity index (χ1) is 13.6. The lowest BCUT2D eigenvalue weighted by atomic mass is 9.50. The molecule has 3 aliphatic heterocycles. The Balaban J connectivity index is 1.63. The number of fused-ring (bicyclic) bond motifs is 1. The average Bonchev–Trinajstić information content (AvgIpc) is 3.28. The maximum absolute atomic E-state index is 12.4. The molecule has 1 saturated carbocycles. The summed E-state index contributed by atoms with van der Waals surface area (Å²) >= 11 is 0. The number of phenolic OH excluding ortho intramolecular Hbond substituents is 1. The number of benzene rings is 1. The van der Waals surface area contributed by atoms with E-state index in [1.165, 1.54) is 0 Å². The van der Waals surface area contributed by atoms with Crippen LogP contribution in [-0.2, 0) is 21.3 Å². The predicted molar refractivity (Wildman–Crippen MR) is 102 cm³/mol. The molecule has 0 radical (unpaired) electrons. The first-order valence-corrected chi connectivity index (χ1v) is 10.4. The van der Waals surface area contributed by atoms with Gasteiger partial charge in [-0.1, -0.05) is 12.1 Å². The van der Waals surface area contributed by atoms with Crippen molar-refractivity contribution >= 4 is 0 Å². The van der Waals surface area contributed by atoms with Crippen LogP contribution in [-0.4, -0.2) is 65.0 Å². The van der Waals surface area contributed by atoms with Crippen LogP contribution in [0.2, 0.25) is 0 Å². The minimum atomic E-state index is -0.955. The van der Waals surface area contributed by atoms with E-state index in [1.54, 1.807) is 6.07 Å². The molecule has 1 aromatic rings. The van der Waals surface area contributed by atoms with Gasteiger partial charge in [0.05, 0.1) is 24.2 Å². The molecule has 0 amide bonds. The molecule has 6 heteroatoms. The van der Waals surface area contributed by atoms with Crippen LogP contribution in [0, 0.1) is 0 Å². The molecule has 2 aliphatic carbocycles. The third-order valence-corrected chi connectivity index (χ3v) is 7.94. The van der Waals surface area contributed by atoms with Crippen LogP contribution >= 0.6 is 0 Å². The van der Waals surface area contributed by atoms with Crippen molar-refractivity contribution in [3.63, 3.8) is 0 Å². The lowest BCUT2D eigenvalue weighted by Crippen LogP contribution is -2.75. The summed E-state index contributed by atoms with van der Waals surface area (Å²) in [5.41, 5.74) is 0.576. The molecule has 150 valence electrons. The van der Waals surface area contributed by atoms with E-state index in [-0.39, 0.29) is 11.8 Å². The molecule has 6 rings (SSSR count). The zero-order valence-corrected chi connectivity index (χ0v) is 16.0. The molecule has 6 nitrogen and oxygen atoms in total. The second-order valence-corrected chi connectivity index (χ2v) is 8.96. The van der Waals surface area contributed by atoms with Crippen LogP contribution in [0.3, 0.4) is 0 Å². The standard InChI is InChI=1S/C22H27NO5/c1-2-9-23-10-3-6-20-17-14-4-5-15(24)18(17)28-19(20)22(26-11-12-27-22)8-7-21(20,25)16(23)13-14/h2,4-5,16,19,24-25H,1,3,6-13H2/t16-,19?,20+,21?/m1/s1. The molecule has 0 aromatic heterocycles. The minimum absolute atomic E-state index is 0.0131. The van der Waals surface area contributed by atoms with Crippen LogP contribution in [0.4, 0.5) is 0 Å². The first kappa shape index (κ1) is 17.3. The van der Waals surface area contributed by atoms with Crippen molar-refractivity contribution in [2.24, 2.45) is 0 Å². The second-order valence-electron chi connectivity index (χ2n) is 8.96. The SMILES string of the molecule is C=CCN1CCC[C@]23c4c5ccc(O)c4OC2C2(CCC3(O)[C@H]1C5)OCCO2. The van der Waals surface area contributed by atoms with Crippen LogP contribution in [0.1, 0.15) is 36.8 Å². The van der Waals surface area contributed by atoms with E-state index in [1.807, 2.05) is 12.1 Å². The smallest absolute Gasteiger partial charge is 0.207 e. The van der Waals surface area contributed by atoms with Crippen molar-refractivity contribution in [3.05, 3.63) is 35.9 Å². The summed E-state index contributed by atoms with van der Waals surface area (Å²) in [7, 11) is 0. The van der Waals surface area contributed by atoms with Crippen LogP contribution in [0.15, 0.2) is 24.8 Å². The number of aromatic hydroxyl groups is 1. The van der Waals surface area contributed by atoms with Crippen LogP contribution < -0.4 is 4.74 Å². The topological polar surface area (TPSA) is 71.4 Å². The molecule has 5 aliphatic rings. The van der Waals surface area contributed by atoms with Crippen molar-refractivity contribution in [3.8, 4) is 11.5 Å². The molecular weight excluding hydrogens is 358 g/mol. The zero-order valence-electron chi connectivity index (χ0n) is 16.0. The third-order valence-electron chi connectivity index (χ3n) is 7.94. The monoisotopic (exact) mass is 385 g/mol. The first-order valence-electron chi connectivity index (χ1n) is 10.4. The van der Waals surface area contributed by atoms with Gasteiger partial charge in [0.1, 0.15) is 0 Å². The summed E-state index contributed by atoms with van der Waals surface area (Å²) < 4.78 is 18.8. The Morgan fingerprint density at radius 2 is 2.04 bits per heavy atom. The number of aliphatic hydroxyl groups is 1. The van der Waals surface area contributed by atoms with Crippen molar-refractivity contribution in [1.29, 1.82) is 0 Å². The van der Waals surface area contributed by atoms with Crippen molar-refractivity contribution < 1.29 is 24.4 Å². The Morgan fingerprint density at radius 3 is 2.82 bits per heavy atom. The second kappa shape index (κ2) is 5.51. The molecule has 3 fully saturated rings. The molecule has 2 N–H and O–H groups in total. The van der Waals surface area contributed by atoms with Gasteiger partial charge < -0.3 is 24.4 Å². The summed E-state index contributed by atoms with van der Waals surface area (Å²) in [5, 5.41) is 23.0. The Morgan fingerprint density at radius 1 is 1.21 bits per heavy atom. The number of hydrogen-bond acceptors (Lipinski definition) is 6. The average molecular weight is 385 g/mol. The largest absolute Gasteiger partial charge is 0.504 e. The van der Waals surface area contributed by atoms with E-state index in [0.717, 1.165) is 43.5 Å². The van der Waals surface area contributed by atoms with Gasteiger partial charge in [-0.15, -0.1) is 6.58 Å². The van der Waals surface area contributed by atoms with E-state index in [9.17, 15) is 10.2 Å². The number of nitrogens with zero attached hydrogens (tertiary/aromatic N) is 1. The number of hydrogen-bond donors (Lipinski definition) is 2. The van der Waals surface area contributed by atoms with Gasteiger partial charge in [0.2, 0.25) is 5.79 Å². The molecule has 3 heterocycles. The fraction of sp³-hybridized carbons (Fsp3) is 0.636. The van der Waals surface area contributed by atoms with Gasteiger partial charge in [-0.3, -0.25) is 4.90 Å². The molecule has 2 unspecified atom stereocenters. The van der Waals surface area contributed by atoms with E-state index < -0.39 is 22.9 Å². The maximum Gasteiger partial charge on any atom is 0.207 e. The van der Waals surface area contributed by atoms with Gasteiger partial charge in [0.25, 0.3) is 0 Å². The summed E-state index contributed by atoms with van der Waals surface area (Å²) in [6.45, 7) is 6.68. The fourth-order valence-corrected chi connectivity index (χ4v) is 6.98. The zero-order chi connectivity index (χ0) is 19.1. The lowest BCUT2D eigenvalue weighted by Gasteiger charge is -2.60. The van der Waals surface area contributed by atoms with Gasteiger partial charge in [-0.25, -0.2) is 0 Å². The molecule has 2 spiro atoms. The number of ether oxygens (including phenoxy) is 3. The molecule has 1 aromatic carbocycles. The van der Waals surface area contributed by atoms with Crippen molar-refractivity contribution in [2.45, 2.75) is 61.1 Å². The van der Waals surface area contributed by atoms with E-state index in [0.29, 0.717) is 31.8 Å². The number of phenols is 1. The molecular formula is C22H27NO5. The van der Waals surface area contributed by atoms with Gasteiger partial charge in [-0.05, 0) is 43.9 Å². The fourth-order valence-electron chi connectivity index (χ4n) is 6.98. The predicted octanol–water partition coefficient (Wildman–Crippen LogP) is 1.87. The Bertz CT molecular complexity index is 850. The molecule has 2 saturated heterocycles. The maximum atomic E-state index is 12.4. The van der Waals surface area contributed by atoms with Gasteiger partial charge in [0.15, 0.2) is 17.6 Å². The van der Waals surface area contributed by atoms with E-state index in [4.69, 9.17) is 14.2 Å². The highest BCUT2D eigenvalue weighted by Crippen LogP contribution is 2.67. The summed E-state index contributed by atoms with van der Waals surface area (Å²) in [6, 6.07) is 3.71. The van der Waals surface area contributed by atoms with Gasteiger partial charge in [-0.2, -0.15) is 0 Å². The molecule has 28 heavy (non-hydrogen) atoms. The highest BCUT2D eigenvalue weighted by atomic mass is 16.8. The van der Waals surface area contributed by atoms with Crippen LogP contribution in [0.25, 0.3) is 0 Å². The highest BCUT2D eigenvalue weighted by Gasteiger charge is 2.76. The van der Waals surface area contributed by atoms with Crippen LogP contribution in [0.5, 0.6) is 11.5 Å². The summed E-state index contributed by atoms with van der Waals surface area (Å²) in [4.78, 5) is 2.38. The Labute approximate surface area is 164 Å². The normalized spacial score (nSPS) is 40.0. The number of rotatable bonds is 2. The molecule has 2 bridgehead atoms. The lowest BCUT2D eigenvalue weighted by molar-refractivity contribution is -0.284. The highest BCUT2D eigenvalue weighted by molar-refractivity contribution is 5.62. The Kier molecular flexibility index (Phi) is 3.40. The van der Waals surface area contributed by atoms with Gasteiger partial charge >= 0.3 is 0 Å². The van der Waals surface area contributed by atoms with Crippen molar-refractivity contribution in [1.82, 2.24) is 4.90 Å². The quantitative estimate of drug-likeness (QED) is 0.758. The number of likely N-dealkylation sites (tertiary alicyclic amines) is 1. The third kappa shape index (κ3) is 1.79. The minimum Gasteiger partial charge on any atom is -0.504 e.